The second-order valence-corrected chi connectivity index (χ2v) is 6.63. The first-order valence-corrected chi connectivity index (χ1v) is 9.18. The molecule has 3 rings (SSSR count). The van der Waals surface area contributed by atoms with Crippen LogP contribution < -0.4 is 15.4 Å². The van der Waals surface area contributed by atoms with Crippen molar-refractivity contribution in [3.8, 4) is 16.5 Å². The fraction of sp³-hybridized carbons (Fsp3) is 0.176. The Morgan fingerprint density at radius 2 is 1.93 bits per heavy atom. The standard InChI is InChI=1S/C17H15ClN4O4S/c18-11-3-5-12(6-4-11)25-10-14(23)19-7-8-20-16(24)17-21-15(22-26-17)13-2-1-9-27-13/h1-6,9H,7-8,10H2,(H,19,23)(H,20,24). The lowest BCUT2D eigenvalue weighted by Crippen LogP contribution is -2.36. The van der Waals surface area contributed by atoms with Gasteiger partial charge in [0.25, 0.3) is 5.91 Å². The largest absolute Gasteiger partial charge is 0.484 e. The molecule has 8 nitrogen and oxygen atoms in total. The number of carbonyl (C=O) groups excluding carboxylic acids is 2. The maximum atomic E-state index is 12.0. The molecule has 0 radical (unpaired) electrons. The van der Waals surface area contributed by atoms with Gasteiger partial charge in [0.15, 0.2) is 6.61 Å². The maximum Gasteiger partial charge on any atom is 0.316 e. The van der Waals surface area contributed by atoms with E-state index in [0.717, 1.165) is 4.88 Å². The van der Waals surface area contributed by atoms with Gasteiger partial charge in [-0.1, -0.05) is 22.8 Å². The Morgan fingerprint density at radius 3 is 2.67 bits per heavy atom. The van der Waals surface area contributed by atoms with Crippen molar-refractivity contribution < 1.29 is 18.8 Å². The highest BCUT2D eigenvalue weighted by Crippen LogP contribution is 2.21. The van der Waals surface area contributed by atoms with E-state index in [1.54, 1.807) is 24.3 Å². The molecule has 0 spiro atoms. The van der Waals surface area contributed by atoms with Gasteiger partial charge in [-0.3, -0.25) is 9.59 Å². The molecule has 2 amide bonds. The first-order chi connectivity index (χ1) is 13.1. The van der Waals surface area contributed by atoms with Gasteiger partial charge in [-0.25, -0.2) is 0 Å². The van der Waals surface area contributed by atoms with Gasteiger partial charge < -0.3 is 19.9 Å². The van der Waals surface area contributed by atoms with Crippen LogP contribution in [-0.2, 0) is 4.79 Å². The Balaban J connectivity index is 1.35. The molecule has 27 heavy (non-hydrogen) atoms. The van der Waals surface area contributed by atoms with Crippen LogP contribution in [0.2, 0.25) is 5.02 Å². The number of hydrogen-bond donors (Lipinski definition) is 2. The van der Waals surface area contributed by atoms with Crippen LogP contribution in [0, 0.1) is 0 Å². The molecule has 0 saturated carbocycles. The highest BCUT2D eigenvalue weighted by Gasteiger charge is 2.16. The molecule has 10 heteroatoms. The molecule has 0 unspecified atom stereocenters. The Kier molecular flexibility index (Phi) is 6.39. The van der Waals surface area contributed by atoms with Gasteiger partial charge in [0, 0.05) is 18.1 Å². The average Bonchev–Trinajstić information content (AvgIpc) is 3.36. The van der Waals surface area contributed by atoms with E-state index in [9.17, 15) is 9.59 Å². The molecule has 2 aromatic heterocycles. The highest BCUT2D eigenvalue weighted by molar-refractivity contribution is 7.13. The summed E-state index contributed by atoms with van der Waals surface area (Å²) in [5, 5.41) is 11.5. The molecule has 0 bridgehead atoms. The fourth-order valence-electron chi connectivity index (χ4n) is 2.01. The minimum Gasteiger partial charge on any atom is -0.484 e. The van der Waals surface area contributed by atoms with Crippen molar-refractivity contribution in [3.05, 3.63) is 52.7 Å². The lowest BCUT2D eigenvalue weighted by atomic mass is 10.3. The number of amides is 2. The molecular weight excluding hydrogens is 392 g/mol. The number of carbonyl (C=O) groups is 2. The molecular formula is C17H15ClN4O4S. The normalized spacial score (nSPS) is 10.4. The summed E-state index contributed by atoms with van der Waals surface area (Å²) in [5.41, 5.74) is 0. The number of aromatic nitrogens is 2. The Labute approximate surface area is 163 Å². The Morgan fingerprint density at radius 1 is 1.15 bits per heavy atom. The molecule has 0 saturated heterocycles. The summed E-state index contributed by atoms with van der Waals surface area (Å²) < 4.78 is 10.3. The number of nitrogens with zero attached hydrogens (tertiary/aromatic N) is 2. The maximum absolute atomic E-state index is 12.0. The molecule has 0 fully saturated rings. The number of hydrogen-bond acceptors (Lipinski definition) is 7. The number of nitrogens with one attached hydrogen (secondary N) is 2. The molecule has 2 heterocycles. The van der Waals surface area contributed by atoms with Crippen LogP contribution in [0.3, 0.4) is 0 Å². The first-order valence-electron chi connectivity index (χ1n) is 7.92. The molecule has 1 aromatic carbocycles. The van der Waals surface area contributed by atoms with Crippen molar-refractivity contribution in [2.75, 3.05) is 19.7 Å². The number of benzene rings is 1. The summed E-state index contributed by atoms with van der Waals surface area (Å²) in [7, 11) is 0. The number of thiophene rings is 1. The third-order valence-electron chi connectivity index (χ3n) is 3.28. The molecule has 0 atom stereocenters. The minimum atomic E-state index is -0.503. The van der Waals surface area contributed by atoms with E-state index < -0.39 is 5.91 Å². The SMILES string of the molecule is O=C(COc1ccc(Cl)cc1)NCCNC(=O)c1nc(-c2cccs2)no1. The van der Waals surface area contributed by atoms with Crippen molar-refractivity contribution >= 4 is 34.8 Å². The van der Waals surface area contributed by atoms with Crippen molar-refractivity contribution in [2.24, 2.45) is 0 Å². The molecule has 140 valence electrons. The summed E-state index contributed by atoms with van der Waals surface area (Å²) >= 11 is 7.22. The van der Waals surface area contributed by atoms with E-state index in [1.807, 2.05) is 17.5 Å². The summed E-state index contributed by atoms with van der Waals surface area (Å²) in [6.07, 6.45) is 0. The zero-order valence-corrected chi connectivity index (χ0v) is 15.5. The topological polar surface area (TPSA) is 106 Å². The zero-order valence-electron chi connectivity index (χ0n) is 14.0. The molecule has 0 aliphatic heterocycles. The van der Waals surface area contributed by atoms with E-state index in [4.69, 9.17) is 20.9 Å². The number of halogens is 1. The molecule has 0 aliphatic rings. The zero-order chi connectivity index (χ0) is 19.1. The van der Waals surface area contributed by atoms with Gasteiger partial charge in [-0.15, -0.1) is 11.3 Å². The van der Waals surface area contributed by atoms with Crippen LogP contribution in [0.4, 0.5) is 0 Å². The van der Waals surface area contributed by atoms with Gasteiger partial charge in [-0.05, 0) is 35.7 Å². The monoisotopic (exact) mass is 406 g/mol. The van der Waals surface area contributed by atoms with E-state index in [0.29, 0.717) is 16.6 Å². The first kappa shape index (κ1) is 18.9. The minimum absolute atomic E-state index is 0.129. The second kappa shape index (κ2) is 9.15. The quantitative estimate of drug-likeness (QED) is 0.556. The second-order valence-electron chi connectivity index (χ2n) is 5.25. The number of rotatable bonds is 8. The average molecular weight is 407 g/mol. The van der Waals surface area contributed by atoms with Crippen LogP contribution in [0.1, 0.15) is 10.7 Å². The van der Waals surface area contributed by atoms with Gasteiger partial charge in [0.05, 0.1) is 4.88 Å². The Hall–Kier alpha value is -2.91. The van der Waals surface area contributed by atoms with Gasteiger partial charge in [-0.2, -0.15) is 4.98 Å². The van der Waals surface area contributed by atoms with Crippen molar-refractivity contribution in [3.63, 3.8) is 0 Å². The lowest BCUT2D eigenvalue weighted by Gasteiger charge is -2.07. The van der Waals surface area contributed by atoms with Crippen molar-refractivity contribution in [2.45, 2.75) is 0 Å². The van der Waals surface area contributed by atoms with Gasteiger partial charge >= 0.3 is 11.8 Å². The summed E-state index contributed by atoms with van der Waals surface area (Å²) in [6, 6.07) is 10.4. The van der Waals surface area contributed by atoms with Crippen molar-refractivity contribution in [1.82, 2.24) is 20.8 Å². The van der Waals surface area contributed by atoms with E-state index in [2.05, 4.69) is 20.8 Å². The predicted octanol–water partition coefficient (Wildman–Crippen LogP) is 2.38. The summed E-state index contributed by atoms with van der Waals surface area (Å²) in [5.74, 6) is -0.0340. The smallest absolute Gasteiger partial charge is 0.316 e. The lowest BCUT2D eigenvalue weighted by molar-refractivity contribution is -0.123. The third-order valence-corrected chi connectivity index (χ3v) is 4.40. The van der Waals surface area contributed by atoms with Gasteiger partial charge in [0.2, 0.25) is 5.82 Å². The van der Waals surface area contributed by atoms with Crippen LogP contribution >= 0.6 is 22.9 Å². The van der Waals surface area contributed by atoms with Gasteiger partial charge in [0.1, 0.15) is 5.75 Å². The molecule has 0 aliphatic carbocycles. The highest BCUT2D eigenvalue weighted by atomic mass is 35.5. The van der Waals surface area contributed by atoms with Crippen LogP contribution in [0.15, 0.2) is 46.3 Å². The summed E-state index contributed by atoms with van der Waals surface area (Å²) in [6.45, 7) is 0.312. The van der Waals surface area contributed by atoms with Crippen molar-refractivity contribution in [1.29, 1.82) is 0 Å². The van der Waals surface area contributed by atoms with Crippen LogP contribution in [-0.4, -0.2) is 41.7 Å². The predicted molar refractivity (Wildman–Crippen MR) is 99.9 cm³/mol. The Bertz CT molecular complexity index is 896. The van der Waals surface area contributed by atoms with Crippen LogP contribution in [0.25, 0.3) is 10.7 Å². The molecule has 2 N–H and O–H groups in total. The van der Waals surface area contributed by atoms with Crippen LogP contribution in [0.5, 0.6) is 5.75 Å². The number of ether oxygens (including phenoxy) is 1. The third kappa shape index (κ3) is 5.53. The summed E-state index contributed by atoms with van der Waals surface area (Å²) in [4.78, 5) is 28.5. The van der Waals surface area contributed by atoms with E-state index >= 15 is 0 Å². The molecule has 3 aromatic rings. The fourth-order valence-corrected chi connectivity index (χ4v) is 2.78. The van der Waals surface area contributed by atoms with E-state index in [-0.39, 0.29) is 31.5 Å². The van der Waals surface area contributed by atoms with E-state index in [1.165, 1.54) is 11.3 Å².